The molecule has 1 N–H and O–H groups in total. The summed E-state index contributed by atoms with van der Waals surface area (Å²) < 4.78 is 4.94. The number of hydrogen-bond donors (Lipinski definition) is 1. The Labute approximate surface area is 95.7 Å². The number of nitrogens with one attached hydrogen (secondary N) is 1. The second-order valence-electron chi connectivity index (χ2n) is 3.78. The first-order valence-corrected chi connectivity index (χ1v) is 5.88. The molecule has 0 atom stereocenters. The maximum Gasteiger partial charge on any atom is 0.207 e. The second-order valence-corrected chi connectivity index (χ2v) is 4.58. The molecule has 0 aromatic carbocycles. The van der Waals surface area contributed by atoms with E-state index in [2.05, 4.69) is 21.2 Å². The van der Waals surface area contributed by atoms with E-state index in [1.54, 1.807) is 7.11 Å². The Balaban J connectivity index is 0. The van der Waals surface area contributed by atoms with E-state index in [-0.39, 0.29) is 5.60 Å². The number of rotatable bonds is 5. The van der Waals surface area contributed by atoms with Crippen molar-refractivity contribution in [3.63, 3.8) is 0 Å². The van der Waals surface area contributed by atoms with Crippen LogP contribution in [0.5, 0.6) is 0 Å². The molecular formula is C10H22BrNO2. The highest BCUT2D eigenvalue weighted by Crippen LogP contribution is 2.02. The van der Waals surface area contributed by atoms with Gasteiger partial charge in [-0.05, 0) is 33.6 Å². The second kappa shape index (κ2) is 11.0. The largest absolute Gasteiger partial charge is 0.379 e. The summed E-state index contributed by atoms with van der Waals surface area (Å²) in [6.45, 7) is 6.86. The quantitative estimate of drug-likeness (QED) is 0.472. The van der Waals surface area contributed by atoms with Crippen molar-refractivity contribution in [2.24, 2.45) is 0 Å². The van der Waals surface area contributed by atoms with Crippen LogP contribution in [0.25, 0.3) is 0 Å². The Kier molecular flexibility index (Phi) is 12.8. The number of hydrogen-bond acceptors (Lipinski definition) is 2. The minimum atomic E-state index is 0.0417. The van der Waals surface area contributed by atoms with Crippen molar-refractivity contribution in [1.82, 2.24) is 5.32 Å². The number of amides is 1. The van der Waals surface area contributed by atoms with Crippen LogP contribution in [0.4, 0.5) is 0 Å². The molecule has 0 rings (SSSR count). The molecule has 0 unspecified atom stereocenters. The van der Waals surface area contributed by atoms with Gasteiger partial charge in [-0.1, -0.05) is 15.9 Å². The maximum absolute atomic E-state index is 9.65. The average Bonchev–Trinajstić information content (AvgIpc) is 2.13. The van der Waals surface area contributed by atoms with Gasteiger partial charge in [-0.25, -0.2) is 0 Å². The molecule has 0 heterocycles. The fraction of sp³-hybridized carbons (Fsp3) is 0.900. The molecule has 86 valence electrons. The lowest BCUT2D eigenvalue weighted by Crippen LogP contribution is -2.15. The molecule has 0 saturated carbocycles. The lowest BCUT2D eigenvalue weighted by atomic mass is 10.2. The van der Waals surface area contributed by atoms with Gasteiger partial charge < -0.3 is 10.1 Å². The zero-order chi connectivity index (χ0) is 11.4. The molecule has 0 aliphatic heterocycles. The predicted octanol–water partition coefficient (Wildman–Crippen LogP) is 2.34. The van der Waals surface area contributed by atoms with Crippen molar-refractivity contribution in [3.05, 3.63) is 0 Å². The van der Waals surface area contributed by atoms with E-state index in [1.807, 2.05) is 20.8 Å². The molecule has 1 amide bonds. The van der Waals surface area contributed by atoms with Crippen LogP contribution >= 0.6 is 15.9 Å². The normalized spacial score (nSPS) is 10.1. The third-order valence-electron chi connectivity index (χ3n) is 1.40. The van der Waals surface area contributed by atoms with Gasteiger partial charge in [0.05, 0.1) is 5.60 Å². The van der Waals surface area contributed by atoms with Gasteiger partial charge in [-0.2, -0.15) is 0 Å². The van der Waals surface area contributed by atoms with Crippen LogP contribution in [-0.2, 0) is 9.53 Å². The molecule has 14 heavy (non-hydrogen) atoms. The minimum absolute atomic E-state index is 0.0417. The van der Waals surface area contributed by atoms with Gasteiger partial charge in [0, 0.05) is 19.0 Å². The SMILES string of the molecule is COC(C)(C)C.O=CNCCCCBr. The molecule has 3 nitrogen and oxygen atoms in total. The molecule has 4 heteroatoms. The summed E-state index contributed by atoms with van der Waals surface area (Å²) in [5.41, 5.74) is 0.0417. The van der Waals surface area contributed by atoms with Crippen LogP contribution < -0.4 is 5.32 Å². The smallest absolute Gasteiger partial charge is 0.207 e. The van der Waals surface area contributed by atoms with Crippen LogP contribution in [0.3, 0.4) is 0 Å². The monoisotopic (exact) mass is 267 g/mol. The van der Waals surface area contributed by atoms with Gasteiger partial charge in [0.15, 0.2) is 0 Å². The van der Waals surface area contributed by atoms with E-state index in [0.29, 0.717) is 0 Å². The third-order valence-corrected chi connectivity index (χ3v) is 1.96. The van der Waals surface area contributed by atoms with Crippen LogP contribution in [0.2, 0.25) is 0 Å². The first-order chi connectivity index (χ1) is 6.47. The fourth-order valence-electron chi connectivity index (χ4n) is 0.380. The summed E-state index contributed by atoms with van der Waals surface area (Å²) in [7, 11) is 1.71. The van der Waals surface area contributed by atoms with Crippen molar-refractivity contribution < 1.29 is 9.53 Å². The highest BCUT2D eigenvalue weighted by molar-refractivity contribution is 9.09. The summed E-state index contributed by atoms with van der Waals surface area (Å²) in [5, 5.41) is 3.60. The molecule has 0 fully saturated rings. The Morgan fingerprint density at radius 3 is 2.14 bits per heavy atom. The molecule has 0 aliphatic carbocycles. The highest BCUT2D eigenvalue weighted by atomic mass is 79.9. The zero-order valence-corrected chi connectivity index (χ0v) is 11.2. The van der Waals surface area contributed by atoms with Crippen LogP contribution in [0, 0.1) is 0 Å². The van der Waals surface area contributed by atoms with E-state index in [1.165, 1.54) is 0 Å². The Morgan fingerprint density at radius 2 is 1.86 bits per heavy atom. The van der Waals surface area contributed by atoms with Gasteiger partial charge in [0.2, 0.25) is 6.41 Å². The number of carbonyl (C=O) groups is 1. The summed E-state index contributed by atoms with van der Waals surface area (Å²) in [5.74, 6) is 0. The predicted molar refractivity (Wildman–Crippen MR) is 63.9 cm³/mol. The number of halogens is 1. The highest BCUT2D eigenvalue weighted by Gasteiger charge is 2.03. The molecule has 0 aliphatic rings. The number of methoxy groups -OCH3 is 1. The van der Waals surface area contributed by atoms with E-state index in [4.69, 9.17) is 4.74 Å². The molecule has 0 aromatic rings. The lowest BCUT2D eigenvalue weighted by molar-refractivity contribution is -0.109. The number of alkyl halides is 1. The zero-order valence-electron chi connectivity index (χ0n) is 9.60. The van der Waals surface area contributed by atoms with Crippen LogP contribution in [0.15, 0.2) is 0 Å². The Morgan fingerprint density at radius 1 is 1.36 bits per heavy atom. The van der Waals surface area contributed by atoms with Gasteiger partial charge in [-0.3, -0.25) is 4.79 Å². The van der Waals surface area contributed by atoms with E-state index < -0.39 is 0 Å². The van der Waals surface area contributed by atoms with E-state index in [9.17, 15) is 4.79 Å². The first kappa shape index (κ1) is 16.3. The number of ether oxygens (including phenoxy) is 1. The maximum atomic E-state index is 9.65. The van der Waals surface area contributed by atoms with Crippen molar-refractivity contribution in [3.8, 4) is 0 Å². The Hall–Kier alpha value is -0.0900. The molecule has 0 radical (unpaired) electrons. The van der Waals surface area contributed by atoms with Crippen molar-refractivity contribution >= 4 is 22.3 Å². The fourth-order valence-corrected chi connectivity index (χ4v) is 0.777. The first-order valence-electron chi connectivity index (χ1n) is 4.76. The van der Waals surface area contributed by atoms with Gasteiger partial charge in [0.25, 0.3) is 0 Å². The summed E-state index contributed by atoms with van der Waals surface area (Å²) in [6.07, 6.45) is 2.92. The lowest BCUT2D eigenvalue weighted by Gasteiger charge is -2.14. The molecule has 0 saturated heterocycles. The number of unbranched alkanes of at least 4 members (excludes halogenated alkanes) is 1. The van der Waals surface area contributed by atoms with Crippen LogP contribution in [0.1, 0.15) is 33.6 Å². The summed E-state index contributed by atoms with van der Waals surface area (Å²) >= 11 is 3.29. The van der Waals surface area contributed by atoms with Gasteiger partial charge in [-0.15, -0.1) is 0 Å². The van der Waals surface area contributed by atoms with E-state index in [0.717, 1.165) is 31.1 Å². The van der Waals surface area contributed by atoms with Crippen molar-refractivity contribution in [2.75, 3.05) is 19.0 Å². The van der Waals surface area contributed by atoms with Gasteiger partial charge >= 0.3 is 0 Å². The molecular weight excluding hydrogens is 246 g/mol. The summed E-state index contributed by atoms with van der Waals surface area (Å²) in [4.78, 5) is 9.65. The Bertz CT molecular complexity index is 124. The summed E-state index contributed by atoms with van der Waals surface area (Å²) in [6, 6.07) is 0. The molecule has 0 aromatic heterocycles. The average molecular weight is 268 g/mol. The molecule has 0 spiro atoms. The molecule has 0 bridgehead atoms. The van der Waals surface area contributed by atoms with Gasteiger partial charge in [0.1, 0.15) is 0 Å². The van der Waals surface area contributed by atoms with E-state index >= 15 is 0 Å². The third kappa shape index (κ3) is 22.7. The van der Waals surface area contributed by atoms with Crippen molar-refractivity contribution in [2.45, 2.75) is 39.2 Å². The topological polar surface area (TPSA) is 38.3 Å². The number of carbonyl (C=O) groups excluding carboxylic acids is 1. The van der Waals surface area contributed by atoms with Crippen LogP contribution in [-0.4, -0.2) is 31.0 Å². The standard InChI is InChI=1S/C5H10BrNO.C5H12O/c6-3-1-2-4-7-5-8;1-5(2,3)6-4/h5H,1-4H2,(H,7,8);1-4H3. The van der Waals surface area contributed by atoms with Crippen molar-refractivity contribution in [1.29, 1.82) is 0 Å². The minimum Gasteiger partial charge on any atom is -0.379 e.